The number of piperidine rings is 1. The molecular weight excluding hydrogens is 604 g/mol. The van der Waals surface area contributed by atoms with Crippen molar-refractivity contribution in [3.63, 3.8) is 0 Å². The average Bonchev–Trinajstić information content (AvgIpc) is 2.98. The Morgan fingerprint density at radius 1 is 1.07 bits per heavy atom. The number of carbonyl (C=O) groups excluding carboxylic acids is 1. The fraction of sp³-hybridized carbons (Fsp3) is 0.355. The van der Waals surface area contributed by atoms with Crippen LogP contribution in [0.25, 0.3) is 22.0 Å². The fourth-order valence-electron chi connectivity index (χ4n) is 4.97. The number of ether oxygens (including phenoxy) is 2. The second-order valence-electron chi connectivity index (χ2n) is 11.6. The molecule has 0 saturated carbocycles. The third-order valence-corrected chi connectivity index (χ3v) is 8.61. The molecule has 2 N–H and O–H groups in total. The SMILES string of the molecule is Cc1ccc2c(NS(=O)(=O)CCl)cccc2c1Oc1ncccc1-c1ccnc(N[C@H]2CCCN(C(=O)OC(C)(C)C)C2)n1. The van der Waals surface area contributed by atoms with E-state index >= 15 is 0 Å². The van der Waals surface area contributed by atoms with Crippen LogP contribution in [-0.2, 0) is 14.8 Å². The lowest BCUT2D eigenvalue weighted by Crippen LogP contribution is -2.47. The molecule has 3 heterocycles. The molecule has 1 amide bonds. The molecule has 1 fully saturated rings. The number of sulfonamides is 1. The molecule has 5 rings (SSSR count). The molecule has 13 heteroatoms. The molecule has 0 unspecified atom stereocenters. The smallest absolute Gasteiger partial charge is 0.410 e. The van der Waals surface area contributed by atoms with Crippen molar-refractivity contribution in [2.75, 3.05) is 28.3 Å². The number of benzene rings is 2. The lowest BCUT2D eigenvalue weighted by Gasteiger charge is -2.34. The Bertz CT molecular complexity index is 1780. The third-order valence-electron chi connectivity index (χ3n) is 6.93. The average molecular weight is 639 g/mol. The molecule has 0 bridgehead atoms. The molecule has 1 atom stereocenters. The summed E-state index contributed by atoms with van der Waals surface area (Å²) in [4.78, 5) is 28.0. The van der Waals surface area contributed by atoms with Crippen LogP contribution in [-0.4, -0.2) is 64.3 Å². The number of alkyl halides is 1. The molecular formula is C31H35ClN6O5S. The summed E-state index contributed by atoms with van der Waals surface area (Å²) in [6.45, 7) is 8.58. The Kier molecular flexibility index (Phi) is 9.12. The van der Waals surface area contributed by atoms with Crippen molar-refractivity contribution in [3.8, 4) is 22.9 Å². The van der Waals surface area contributed by atoms with Gasteiger partial charge in [0.2, 0.25) is 21.9 Å². The standard InChI is InChI=1S/C31H35ClN6O5S/c1-20-12-13-22-23(9-5-11-26(22)37-44(40,41)19-32)27(20)42-28-24(10-6-15-33-28)25-14-16-34-29(36-25)35-21-8-7-17-38(18-21)30(39)43-31(2,3)4/h5-6,9-16,21,37H,7-8,17-19H2,1-4H3,(H,34,35,36)/t21-/m0/s1. The van der Waals surface area contributed by atoms with Gasteiger partial charge >= 0.3 is 6.09 Å². The minimum Gasteiger partial charge on any atom is -0.444 e. The van der Waals surface area contributed by atoms with Crippen molar-refractivity contribution >= 4 is 50.1 Å². The van der Waals surface area contributed by atoms with E-state index in [1.165, 1.54) is 0 Å². The highest BCUT2D eigenvalue weighted by atomic mass is 35.5. The van der Waals surface area contributed by atoms with Gasteiger partial charge < -0.3 is 19.7 Å². The first kappa shape index (κ1) is 31.3. The topological polar surface area (TPSA) is 136 Å². The fourth-order valence-corrected chi connectivity index (χ4v) is 5.70. The molecule has 0 spiro atoms. The highest BCUT2D eigenvalue weighted by molar-refractivity contribution is 7.93. The Balaban J connectivity index is 1.40. The van der Waals surface area contributed by atoms with Crippen molar-refractivity contribution < 1.29 is 22.7 Å². The van der Waals surface area contributed by atoms with E-state index in [4.69, 9.17) is 26.1 Å². The maximum Gasteiger partial charge on any atom is 0.410 e. The number of nitrogens with zero attached hydrogens (tertiary/aromatic N) is 4. The lowest BCUT2D eigenvalue weighted by atomic mass is 10.0. The monoisotopic (exact) mass is 638 g/mol. The van der Waals surface area contributed by atoms with Crippen LogP contribution in [0.15, 0.2) is 60.9 Å². The molecule has 232 valence electrons. The number of rotatable bonds is 8. The molecule has 1 saturated heterocycles. The number of likely N-dealkylation sites (tertiary alicyclic amines) is 1. The molecule has 2 aromatic heterocycles. The van der Waals surface area contributed by atoms with Gasteiger partial charge in [-0.05, 0) is 70.4 Å². The van der Waals surface area contributed by atoms with E-state index in [2.05, 4.69) is 20.0 Å². The number of aromatic nitrogens is 3. The summed E-state index contributed by atoms with van der Waals surface area (Å²) in [5.41, 5.74) is 1.91. The van der Waals surface area contributed by atoms with Gasteiger partial charge in [0.15, 0.2) is 0 Å². The van der Waals surface area contributed by atoms with Crippen molar-refractivity contribution in [2.24, 2.45) is 0 Å². The van der Waals surface area contributed by atoms with Gasteiger partial charge in [-0.3, -0.25) is 4.72 Å². The number of hydrogen-bond acceptors (Lipinski definition) is 9. The van der Waals surface area contributed by atoms with Crippen molar-refractivity contribution in [3.05, 3.63) is 66.5 Å². The zero-order valence-corrected chi connectivity index (χ0v) is 26.6. The van der Waals surface area contributed by atoms with Gasteiger partial charge in [-0.15, -0.1) is 11.6 Å². The van der Waals surface area contributed by atoms with Crippen LogP contribution < -0.4 is 14.8 Å². The number of carbonyl (C=O) groups is 1. The van der Waals surface area contributed by atoms with Gasteiger partial charge in [-0.2, -0.15) is 0 Å². The largest absolute Gasteiger partial charge is 0.444 e. The minimum atomic E-state index is -3.70. The van der Waals surface area contributed by atoms with Crippen LogP contribution in [0.4, 0.5) is 16.4 Å². The minimum absolute atomic E-state index is 0.0418. The summed E-state index contributed by atoms with van der Waals surface area (Å²) in [5.74, 6) is 1.28. The Morgan fingerprint density at radius 3 is 2.66 bits per heavy atom. The quantitative estimate of drug-likeness (QED) is 0.206. The zero-order chi connectivity index (χ0) is 31.5. The first-order valence-electron chi connectivity index (χ1n) is 14.2. The van der Waals surface area contributed by atoms with Crippen molar-refractivity contribution in [1.29, 1.82) is 0 Å². The Labute approximate surface area is 262 Å². The molecule has 4 aromatic rings. The Morgan fingerprint density at radius 2 is 1.89 bits per heavy atom. The number of fused-ring (bicyclic) bond motifs is 1. The number of hydrogen-bond donors (Lipinski definition) is 2. The maximum absolute atomic E-state index is 12.6. The van der Waals surface area contributed by atoms with Crippen molar-refractivity contribution in [2.45, 2.75) is 52.2 Å². The third kappa shape index (κ3) is 7.48. The number of aryl methyl sites for hydroxylation is 1. The predicted octanol–water partition coefficient (Wildman–Crippen LogP) is 6.54. The molecule has 44 heavy (non-hydrogen) atoms. The van der Waals surface area contributed by atoms with Crippen molar-refractivity contribution in [1.82, 2.24) is 19.9 Å². The van der Waals surface area contributed by atoms with E-state index < -0.39 is 20.8 Å². The molecule has 11 nitrogen and oxygen atoms in total. The molecule has 0 radical (unpaired) electrons. The summed E-state index contributed by atoms with van der Waals surface area (Å²) in [6.07, 6.45) is 4.65. The number of pyridine rings is 1. The van der Waals surface area contributed by atoms with E-state index in [1.54, 1.807) is 41.6 Å². The number of amides is 1. The van der Waals surface area contributed by atoms with E-state index in [-0.39, 0.29) is 12.1 Å². The summed E-state index contributed by atoms with van der Waals surface area (Å²) in [5, 5.41) is 4.17. The Hall–Kier alpha value is -4.16. The van der Waals surface area contributed by atoms with Crippen LogP contribution in [0.2, 0.25) is 0 Å². The second kappa shape index (κ2) is 12.8. The van der Waals surface area contributed by atoms with E-state index in [9.17, 15) is 13.2 Å². The molecule has 1 aliphatic heterocycles. The molecule has 2 aromatic carbocycles. The number of nitrogens with one attached hydrogen (secondary N) is 2. The van der Waals surface area contributed by atoms with Crippen LogP contribution in [0.3, 0.4) is 0 Å². The van der Waals surface area contributed by atoms with Gasteiger partial charge in [0.25, 0.3) is 0 Å². The molecule has 0 aliphatic carbocycles. The highest BCUT2D eigenvalue weighted by Gasteiger charge is 2.28. The van der Waals surface area contributed by atoms with Gasteiger partial charge in [0, 0.05) is 42.3 Å². The lowest BCUT2D eigenvalue weighted by molar-refractivity contribution is 0.0206. The summed E-state index contributed by atoms with van der Waals surface area (Å²) < 4.78 is 38.9. The van der Waals surface area contributed by atoms with Crippen LogP contribution in [0.5, 0.6) is 11.6 Å². The predicted molar refractivity (Wildman–Crippen MR) is 172 cm³/mol. The van der Waals surface area contributed by atoms with Crippen LogP contribution >= 0.6 is 11.6 Å². The number of anilines is 2. The number of halogens is 1. The van der Waals surface area contributed by atoms with Gasteiger partial charge in [-0.1, -0.05) is 24.3 Å². The zero-order valence-electron chi connectivity index (χ0n) is 25.0. The maximum atomic E-state index is 12.6. The summed E-state index contributed by atoms with van der Waals surface area (Å²) in [6, 6.07) is 14.4. The second-order valence-corrected chi connectivity index (χ2v) is 13.9. The van der Waals surface area contributed by atoms with E-state index in [1.807, 2.05) is 52.0 Å². The van der Waals surface area contributed by atoms with Gasteiger partial charge in [0.1, 0.15) is 16.6 Å². The van der Waals surface area contributed by atoms with Crippen LogP contribution in [0.1, 0.15) is 39.2 Å². The van der Waals surface area contributed by atoms with E-state index in [0.29, 0.717) is 58.4 Å². The normalized spacial score (nSPS) is 15.6. The van der Waals surface area contributed by atoms with Gasteiger partial charge in [-0.25, -0.2) is 28.2 Å². The van der Waals surface area contributed by atoms with E-state index in [0.717, 1.165) is 18.4 Å². The summed E-state index contributed by atoms with van der Waals surface area (Å²) in [7, 11) is -3.70. The molecule has 1 aliphatic rings. The highest BCUT2D eigenvalue weighted by Crippen LogP contribution is 2.39. The van der Waals surface area contributed by atoms with Gasteiger partial charge in [0.05, 0.1) is 16.9 Å². The van der Waals surface area contributed by atoms with Crippen LogP contribution in [0, 0.1) is 6.92 Å². The first-order chi connectivity index (χ1) is 20.9. The summed E-state index contributed by atoms with van der Waals surface area (Å²) >= 11 is 5.62. The first-order valence-corrected chi connectivity index (χ1v) is 16.4.